The van der Waals surface area contributed by atoms with Gasteiger partial charge in [-0.2, -0.15) is 0 Å². The van der Waals surface area contributed by atoms with Crippen LogP contribution in [0.1, 0.15) is 34.6 Å². The van der Waals surface area contributed by atoms with Crippen molar-refractivity contribution < 1.29 is 13.2 Å². The van der Waals surface area contributed by atoms with E-state index in [2.05, 4.69) is 9.71 Å². The van der Waals surface area contributed by atoms with Gasteiger partial charge in [-0.1, -0.05) is 17.7 Å². The van der Waals surface area contributed by atoms with E-state index in [-0.39, 0.29) is 10.1 Å². The Morgan fingerprint density at radius 1 is 1.20 bits per heavy atom. The molecule has 0 spiro atoms. The zero-order valence-corrected chi connectivity index (χ0v) is 19.4. The number of carbonyl (C=O) groups is 1. The molecule has 0 radical (unpaired) electrons. The lowest BCUT2D eigenvalue weighted by Crippen LogP contribution is -2.35. The van der Waals surface area contributed by atoms with Crippen molar-refractivity contribution in [2.75, 3.05) is 17.8 Å². The molecule has 30 heavy (non-hydrogen) atoms. The lowest BCUT2D eigenvalue weighted by Gasteiger charge is -2.26. The van der Waals surface area contributed by atoms with Gasteiger partial charge in [-0.3, -0.25) is 9.52 Å². The first-order chi connectivity index (χ1) is 14.3. The van der Waals surface area contributed by atoms with Gasteiger partial charge in [0.2, 0.25) is 0 Å². The fourth-order valence-corrected chi connectivity index (χ4v) is 6.79. The molecule has 1 amide bonds. The molecule has 0 saturated carbocycles. The SMILES string of the molecule is Cc1nc(-c2csc(S(=O)(=O)Nc3cccc(Cl)c3)c2)sc1C(=O)N1CCCCC1. The number of benzene rings is 1. The number of hydrogen-bond acceptors (Lipinski definition) is 6. The van der Waals surface area contributed by atoms with E-state index in [9.17, 15) is 13.2 Å². The van der Waals surface area contributed by atoms with E-state index in [1.54, 1.807) is 35.7 Å². The second-order valence-electron chi connectivity index (χ2n) is 7.06. The highest BCUT2D eigenvalue weighted by atomic mass is 35.5. The Bertz CT molecular complexity index is 1180. The van der Waals surface area contributed by atoms with E-state index in [0.29, 0.717) is 31.9 Å². The monoisotopic (exact) mass is 481 g/mol. The maximum atomic E-state index is 12.8. The molecule has 0 bridgehead atoms. The molecule has 0 atom stereocenters. The molecule has 1 fully saturated rings. The Morgan fingerprint density at radius 3 is 2.70 bits per heavy atom. The first kappa shape index (κ1) is 21.3. The van der Waals surface area contributed by atoms with Crippen molar-refractivity contribution in [2.45, 2.75) is 30.4 Å². The van der Waals surface area contributed by atoms with Crippen LogP contribution in [-0.4, -0.2) is 37.3 Å². The summed E-state index contributed by atoms with van der Waals surface area (Å²) in [6, 6.07) is 8.14. The summed E-state index contributed by atoms with van der Waals surface area (Å²) < 4.78 is 28.2. The van der Waals surface area contributed by atoms with E-state index in [1.807, 2.05) is 11.8 Å². The third-order valence-corrected chi connectivity index (χ3v) is 9.05. The summed E-state index contributed by atoms with van der Waals surface area (Å²) in [4.78, 5) is 19.9. The molecule has 1 saturated heterocycles. The van der Waals surface area contributed by atoms with Crippen molar-refractivity contribution in [2.24, 2.45) is 0 Å². The number of amides is 1. The smallest absolute Gasteiger partial charge is 0.271 e. The zero-order chi connectivity index (χ0) is 21.3. The maximum absolute atomic E-state index is 12.8. The highest BCUT2D eigenvalue weighted by Gasteiger charge is 2.24. The van der Waals surface area contributed by atoms with E-state index >= 15 is 0 Å². The largest absolute Gasteiger partial charge is 0.338 e. The fourth-order valence-electron chi connectivity index (χ4n) is 3.29. The number of thiophene rings is 1. The number of rotatable bonds is 5. The number of halogens is 1. The quantitative estimate of drug-likeness (QED) is 0.539. The van der Waals surface area contributed by atoms with Gasteiger partial charge < -0.3 is 4.90 Å². The van der Waals surface area contributed by atoms with Crippen LogP contribution in [0.4, 0.5) is 5.69 Å². The van der Waals surface area contributed by atoms with Crippen molar-refractivity contribution in [3.05, 3.63) is 51.3 Å². The van der Waals surface area contributed by atoms with E-state index in [0.717, 1.165) is 43.7 Å². The number of hydrogen-bond donors (Lipinski definition) is 1. The molecular formula is C20H20ClN3O3S3. The molecular weight excluding hydrogens is 462 g/mol. The molecule has 0 aliphatic carbocycles. The van der Waals surface area contributed by atoms with Crippen molar-refractivity contribution in [1.82, 2.24) is 9.88 Å². The first-order valence-corrected chi connectivity index (χ1v) is 13.0. The Kier molecular flexibility index (Phi) is 6.15. The second-order valence-corrected chi connectivity index (χ2v) is 11.3. The van der Waals surface area contributed by atoms with Crippen LogP contribution in [0.5, 0.6) is 0 Å². The number of likely N-dealkylation sites (tertiary alicyclic amines) is 1. The molecule has 2 aromatic heterocycles. The number of aromatic nitrogens is 1. The van der Waals surface area contributed by atoms with Crippen molar-refractivity contribution in [3.8, 4) is 10.6 Å². The highest BCUT2D eigenvalue weighted by molar-refractivity contribution is 7.94. The van der Waals surface area contributed by atoms with Crippen molar-refractivity contribution in [1.29, 1.82) is 0 Å². The maximum Gasteiger partial charge on any atom is 0.271 e. The molecule has 1 aliphatic rings. The van der Waals surface area contributed by atoms with Crippen LogP contribution in [0.15, 0.2) is 39.9 Å². The molecule has 158 valence electrons. The van der Waals surface area contributed by atoms with E-state index < -0.39 is 10.0 Å². The third kappa shape index (κ3) is 4.54. The van der Waals surface area contributed by atoms with Crippen LogP contribution >= 0.6 is 34.3 Å². The average Bonchev–Trinajstić information content (AvgIpc) is 3.35. The predicted octanol–water partition coefficient (Wildman–Crippen LogP) is 5.26. The lowest BCUT2D eigenvalue weighted by atomic mass is 10.1. The van der Waals surface area contributed by atoms with Crippen LogP contribution in [0.3, 0.4) is 0 Å². The van der Waals surface area contributed by atoms with Crippen LogP contribution in [0, 0.1) is 6.92 Å². The third-order valence-electron chi connectivity index (χ3n) is 4.80. The second kappa shape index (κ2) is 8.66. The zero-order valence-electron chi connectivity index (χ0n) is 16.2. The van der Waals surface area contributed by atoms with Crippen molar-refractivity contribution in [3.63, 3.8) is 0 Å². The topological polar surface area (TPSA) is 79.4 Å². The molecule has 3 aromatic rings. The molecule has 6 nitrogen and oxygen atoms in total. The molecule has 1 aliphatic heterocycles. The summed E-state index contributed by atoms with van der Waals surface area (Å²) in [5.74, 6) is 0.0154. The number of aryl methyl sites for hydroxylation is 1. The number of nitrogens with zero attached hydrogens (tertiary/aromatic N) is 2. The number of thiazole rings is 1. The van der Waals surface area contributed by atoms with Gasteiger partial charge in [-0.15, -0.1) is 22.7 Å². The van der Waals surface area contributed by atoms with Crippen LogP contribution in [0.2, 0.25) is 5.02 Å². The van der Waals surface area contributed by atoms with E-state index in [1.165, 1.54) is 11.3 Å². The minimum absolute atomic E-state index is 0.0154. The summed E-state index contributed by atoms with van der Waals surface area (Å²) >= 11 is 8.36. The minimum atomic E-state index is -3.74. The Labute approximate surface area is 188 Å². The molecule has 4 rings (SSSR count). The Morgan fingerprint density at radius 2 is 1.97 bits per heavy atom. The molecule has 0 unspecified atom stereocenters. The normalized spacial score (nSPS) is 14.7. The summed E-state index contributed by atoms with van der Waals surface area (Å²) in [7, 11) is -3.74. The summed E-state index contributed by atoms with van der Waals surface area (Å²) in [6.45, 7) is 3.38. The summed E-state index contributed by atoms with van der Waals surface area (Å²) in [6.07, 6.45) is 3.22. The van der Waals surface area contributed by atoms with Crippen LogP contribution < -0.4 is 4.72 Å². The Balaban J connectivity index is 1.56. The van der Waals surface area contributed by atoms with Gasteiger partial charge in [0.25, 0.3) is 15.9 Å². The number of carbonyl (C=O) groups excluding carboxylic acids is 1. The molecule has 1 N–H and O–H groups in total. The fraction of sp³-hybridized carbons (Fsp3) is 0.300. The van der Waals surface area contributed by atoms with E-state index in [4.69, 9.17) is 11.6 Å². The van der Waals surface area contributed by atoms with Gasteiger partial charge in [0, 0.05) is 29.1 Å². The van der Waals surface area contributed by atoms with Crippen molar-refractivity contribution >= 4 is 55.9 Å². The standard InChI is InChI=1S/C20H20ClN3O3S3/c1-13-18(20(25)24-8-3-2-4-9-24)29-19(22-13)14-10-17(28-12-14)30(26,27)23-16-7-5-6-15(21)11-16/h5-7,10-12,23H,2-4,8-9H2,1H3. The number of anilines is 1. The highest BCUT2D eigenvalue weighted by Crippen LogP contribution is 2.34. The van der Waals surface area contributed by atoms with Gasteiger partial charge in [-0.05, 0) is 50.5 Å². The lowest BCUT2D eigenvalue weighted by molar-refractivity contribution is 0.0728. The summed E-state index contributed by atoms with van der Waals surface area (Å²) in [5, 5.41) is 2.85. The Hall–Kier alpha value is -1.94. The molecule has 1 aromatic carbocycles. The number of sulfonamides is 1. The molecule has 10 heteroatoms. The number of piperidine rings is 1. The van der Waals surface area contributed by atoms with Crippen LogP contribution in [-0.2, 0) is 10.0 Å². The van der Waals surface area contributed by atoms with Crippen LogP contribution in [0.25, 0.3) is 10.6 Å². The van der Waals surface area contributed by atoms with Gasteiger partial charge in [0.1, 0.15) is 14.1 Å². The van der Waals surface area contributed by atoms with Gasteiger partial charge in [0.05, 0.1) is 11.4 Å². The first-order valence-electron chi connectivity index (χ1n) is 9.47. The van der Waals surface area contributed by atoms with Gasteiger partial charge in [0.15, 0.2) is 0 Å². The molecule has 3 heterocycles. The minimum Gasteiger partial charge on any atom is -0.338 e. The average molecular weight is 482 g/mol. The van der Waals surface area contributed by atoms with Gasteiger partial charge >= 0.3 is 0 Å². The number of nitrogens with one attached hydrogen (secondary N) is 1. The summed E-state index contributed by atoms with van der Waals surface area (Å²) in [5.41, 5.74) is 1.77. The predicted molar refractivity (Wildman–Crippen MR) is 122 cm³/mol. The van der Waals surface area contributed by atoms with Gasteiger partial charge in [-0.25, -0.2) is 13.4 Å².